The first-order valence-corrected chi connectivity index (χ1v) is 7.10. The predicted molar refractivity (Wildman–Crippen MR) is 76.4 cm³/mol. The molecule has 2 rings (SSSR count). The summed E-state index contributed by atoms with van der Waals surface area (Å²) < 4.78 is 5.34. The van der Waals surface area contributed by atoms with Crippen molar-refractivity contribution < 1.29 is 9.53 Å². The van der Waals surface area contributed by atoms with Gasteiger partial charge in [0, 0.05) is 11.6 Å². The second kappa shape index (κ2) is 5.87. The van der Waals surface area contributed by atoms with Gasteiger partial charge in [0.1, 0.15) is 5.60 Å². The lowest BCUT2D eigenvalue weighted by atomic mass is 9.92. The summed E-state index contributed by atoms with van der Waals surface area (Å²) in [4.78, 5) is 16.4. The first-order valence-electron chi connectivity index (χ1n) is 7.10. The zero-order valence-corrected chi connectivity index (χ0v) is 12.2. The molecule has 2 aliphatic heterocycles. The first-order chi connectivity index (χ1) is 8.94. The van der Waals surface area contributed by atoms with Gasteiger partial charge in [-0.3, -0.25) is 9.79 Å². The van der Waals surface area contributed by atoms with Crippen LogP contribution in [0.1, 0.15) is 40.0 Å². The second-order valence-corrected chi connectivity index (χ2v) is 6.33. The van der Waals surface area contributed by atoms with Gasteiger partial charge in [-0.2, -0.15) is 0 Å². The van der Waals surface area contributed by atoms with E-state index in [4.69, 9.17) is 4.74 Å². The molecule has 0 unspecified atom stereocenters. The lowest BCUT2D eigenvalue weighted by Crippen LogP contribution is -2.31. The van der Waals surface area contributed by atoms with Gasteiger partial charge in [-0.25, -0.2) is 0 Å². The number of nitrogens with zero attached hydrogens (tertiary/aromatic N) is 1. The van der Waals surface area contributed by atoms with Gasteiger partial charge >= 0.3 is 5.97 Å². The highest BCUT2D eigenvalue weighted by molar-refractivity contribution is 6.00. The Morgan fingerprint density at radius 1 is 1.42 bits per heavy atom. The molecule has 19 heavy (non-hydrogen) atoms. The van der Waals surface area contributed by atoms with Gasteiger partial charge in [0.05, 0.1) is 13.0 Å². The van der Waals surface area contributed by atoms with E-state index in [0.717, 1.165) is 31.5 Å². The summed E-state index contributed by atoms with van der Waals surface area (Å²) in [6.45, 7) is 8.48. The number of piperidine rings is 1. The van der Waals surface area contributed by atoms with E-state index < -0.39 is 5.60 Å². The zero-order chi connectivity index (χ0) is 13.9. The smallest absolute Gasteiger partial charge is 0.310 e. The Morgan fingerprint density at radius 2 is 2.11 bits per heavy atom. The number of nitrogens with one attached hydrogen (secondary N) is 1. The number of rotatable bonds is 3. The maximum absolute atomic E-state index is 11.8. The van der Waals surface area contributed by atoms with Crippen LogP contribution in [0.4, 0.5) is 0 Å². The van der Waals surface area contributed by atoms with Crippen LogP contribution < -0.4 is 5.32 Å². The fourth-order valence-corrected chi connectivity index (χ4v) is 2.53. The number of hydrogen-bond donors (Lipinski definition) is 1. The molecule has 1 saturated heterocycles. The van der Waals surface area contributed by atoms with Crippen molar-refractivity contribution in [2.24, 2.45) is 10.9 Å². The van der Waals surface area contributed by atoms with Gasteiger partial charge in [-0.05, 0) is 58.4 Å². The minimum atomic E-state index is -0.408. The predicted octanol–water partition coefficient (Wildman–Crippen LogP) is 2.10. The maximum Gasteiger partial charge on any atom is 0.310 e. The standard InChI is InChI=1S/C15H24N2O2/c1-15(2,3)19-14(18)9-11-8-13(17-10-11)12-4-6-16-7-5-12/h8,12,16H,4-7,9-10H2,1-3H3. The number of ether oxygens (including phenoxy) is 1. The summed E-state index contributed by atoms with van der Waals surface area (Å²) in [5.74, 6) is 0.415. The first kappa shape index (κ1) is 14.3. The van der Waals surface area contributed by atoms with Crippen LogP contribution in [0.15, 0.2) is 16.6 Å². The fraction of sp³-hybridized carbons (Fsp3) is 0.733. The molecule has 0 radical (unpaired) electrons. The minimum absolute atomic E-state index is 0.152. The number of allylic oxidation sites excluding steroid dienone is 1. The van der Waals surface area contributed by atoms with Crippen molar-refractivity contribution in [1.29, 1.82) is 0 Å². The van der Waals surface area contributed by atoms with Crippen LogP contribution in [0.25, 0.3) is 0 Å². The molecule has 106 valence electrons. The third-order valence-corrected chi connectivity index (χ3v) is 3.37. The number of esters is 1. The third-order valence-electron chi connectivity index (χ3n) is 3.37. The highest BCUT2D eigenvalue weighted by atomic mass is 16.6. The Labute approximate surface area is 115 Å². The molecular formula is C15H24N2O2. The van der Waals surface area contributed by atoms with E-state index in [0.29, 0.717) is 18.9 Å². The van der Waals surface area contributed by atoms with Crippen LogP contribution in [-0.2, 0) is 9.53 Å². The molecular weight excluding hydrogens is 240 g/mol. The molecule has 0 atom stereocenters. The zero-order valence-electron chi connectivity index (χ0n) is 12.2. The molecule has 4 nitrogen and oxygen atoms in total. The number of aliphatic imine (C=N–C) groups is 1. The minimum Gasteiger partial charge on any atom is -0.460 e. The lowest BCUT2D eigenvalue weighted by molar-refractivity contribution is -0.153. The Balaban J connectivity index is 1.85. The molecule has 0 spiro atoms. The summed E-state index contributed by atoms with van der Waals surface area (Å²) in [5, 5.41) is 3.36. The highest BCUT2D eigenvalue weighted by Crippen LogP contribution is 2.22. The Bertz CT molecular complexity index is 399. The van der Waals surface area contributed by atoms with Gasteiger partial charge in [-0.1, -0.05) is 0 Å². The Hall–Kier alpha value is -1.16. The summed E-state index contributed by atoms with van der Waals surface area (Å²) in [6, 6.07) is 0. The second-order valence-electron chi connectivity index (χ2n) is 6.33. The molecule has 0 aromatic carbocycles. The summed E-state index contributed by atoms with van der Waals surface area (Å²) in [6.07, 6.45) is 4.78. The van der Waals surface area contributed by atoms with Crippen LogP contribution in [-0.4, -0.2) is 36.9 Å². The summed E-state index contributed by atoms with van der Waals surface area (Å²) in [7, 11) is 0. The van der Waals surface area contributed by atoms with Crippen molar-refractivity contribution in [1.82, 2.24) is 5.32 Å². The molecule has 1 N–H and O–H groups in total. The molecule has 0 amide bonds. The molecule has 0 saturated carbocycles. The number of carbonyl (C=O) groups excluding carboxylic acids is 1. The van der Waals surface area contributed by atoms with Crippen molar-refractivity contribution in [2.75, 3.05) is 19.6 Å². The largest absolute Gasteiger partial charge is 0.460 e. The molecule has 4 heteroatoms. The van der Waals surface area contributed by atoms with E-state index in [-0.39, 0.29) is 5.97 Å². The molecule has 2 aliphatic rings. The van der Waals surface area contributed by atoms with Gasteiger partial charge in [-0.15, -0.1) is 0 Å². The van der Waals surface area contributed by atoms with E-state index in [9.17, 15) is 4.79 Å². The van der Waals surface area contributed by atoms with Crippen LogP contribution in [0.2, 0.25) is 0 Å². The van der Waals surface area contributed by atoms with Gasteiger partial charge in [0.25, 0.3) is 0 Å². The average molecular weight is 264 g/mol. The van der Waals surface area contributed by atoms with Gasteiger partial charge in [0.2, 0.25) is 0 Å². The fourth-order valence-electron chi connectivity index (χ4n) is 2.53. The lowest BCUT2D eigenvalue weighted by Gasteiger charge is -2.21. The topological polar surface area (TPSA) is 50.7 Å². The number of carbonyl (C=O) groups is 1. The Kier molecular flexibility index (Phi) is 4.40. The normalized spacial score (nSPS) is 21.0. The molecule has 0 aliphatic carbocycles. The van der Waals surface area contributed by atoms with Gasteiger partial charge in [0.15, 0.2) is 0 Å². The molecule has 2 heterocycles. The van der Waals surface area contributed by atoms with Crippen molar-refractivity contribution >= 4 is 11.7 Å². The van der Waals surface area contributed by atoms with Crippen LogP contribution in [0.3, 0.4) is 0 Å². The molecule has 1 fully saturated rings. The quantitative estimate of drug-likeness (QED) is 0.794. The monoisotopic (exact) mass is 264 g/mol. The molecule has 0 aromatic rings. The SMILES string of the molecule is CC(C)(C)OC(=O)CC1=CC(C2CCNCC2)=NC1. The molecule has 0 aromatic heterocycles. The van der Waals surface area contributed by atoms with Crippen molar-refractivity contribution in [3.63, 3.8) is 0 Å². The van der Waals surface area contributed by atoms with E-state index in [2.05, 4.69) is 16.4 Å². The number of hydrogen-bond acceptors (Lipinski definition) is 4. The van der Waals surface area contributed by atoms with Crippen molar-refractivity contribution in [3.05, 3.63) is 11.6 Å². The Morgan fingerprint density at radius 3 is 2.74 bits per heavy atom. The summed E-state index contributed by atoms with van der Waals surface area (Å²) in [5.41, 5.74) is 1.86. The van der Waals surface area contributed by atoms with Gasteiger partial charge < -0.3 is 10.1 Å². The van der Waals surface area contributed by atoms with Crippen molar-refractivity contribution in [3.8, 4) is 0 Å². The maximum atomic E-state index is 11.8. The third kappa shape index (κ3) is 4.46. The van der Waals surface area contributed by atoms with Crippen LogP contribution in [0.5, 0.6) is 0 Å². The van der Waals surface area contributed by atoms with E-state index in [1.165, 1.54) is 5.71 Å². The average Bonchev–Trinajstić information content (AvgIpc) is 2.76. The summed E-state index contributed by atoms with van der Waals surface area (Å²) >= 11 is 0. The van der Waals surface area contributed by atoms with Crippen LogP contribution >= 0.6 is 0 Å². The highest BCUT2D eigenvalue weighted by Gasteiger charge is 2.23. The van der Waals surface area contributed by atoms with Crippen molar-refractivity contribution in [2.45, 2.75) is 45.6 Å². The van der Waals surface area contributed by atoms with E-state index in [1.54, 1.807) is 0 Å². The molecule has 0 bridgehead atoms. The van der Waals surface area contributed by atoms with E-state index >= 15 is 0 Å². The van der Waals surface area contributed by atoms with Crippen LogP contribution in [0, 0.1) is 5.92 Å². The van der Waals surface area contributed by atoms with E-state index in [1.807, 2.05) is 20.8 Å².